The fraction of sp³-hybridized carbons (Fsp3) is 0.167. The highest BCUT2D eigenvalue weighted by Crippen LogP contribution is 2.31. The van der Waals surface area contributed by atoms with E-state index >= 15 is 0 Å². The van der Waals surface area contributed by atoms with Crippen LogP contribution in [0.4, 0.5) is 5.82 Å². The monoisotopic (exact) mass is 516 g/mol. The van der Waals surface area contributed by atoms with Gasteiger partial charge in [0.1, 0.15) is 9.50 Å². The lowest BCUT2D eigenvalue weighted by Gasteiger charge is -2.13. The molecule has 0 aliphatic heterocycles. The summed E-state index contributed by atoms with van der Waals surface area (Å²) in [6.07, 6.45) is 6.30. The number of sulfonamides is 1. The van der Waals surface area contributed by atoms with Crippen LogP contribution in [0.1, 0.15) is 12.0 Å². The van der Waals surface area contributed by atoms with Crippen LogP contribution in [0, 0.1) is 0 Å². The number of nitrogens with zero attached hydrogens (tertiary/aromatic N) is 3. The molecule has 0 aliphatic rings. The van der Waals surface area contributed by atoms with Crippen molar-refractivity contribution in [3.05, 3.63) is 69.1 Å². The third-order valence-corrected chi connectivity index (χ3v) is 6.41. The van der Waals surface area contributed by atoms with Crippen molar-refractivity contribution in [3.8, 4) is 5.88 Å². The Morgan fingerprint density at radius 2 is 1.97 bits per heavy atom. The van der Waals surface area contributed by atoms with Crippen LogP contribution in [0.25, 0.3) is 0 Å². The van der Waals surface area contributed by atoms with Crippen molar-refractivity contribution in [1.29, 1.82) is 0 Å². The second kappa shape index (κ2) is 9.71. The third kappa shape index (κ3) is 5.79. The van der Waals surface area contributed by atoms with E-state index in [1.807, 2.05) is 12.1 Å². The molecule has 0 fully saturated rings. The van der Waals surface area contributed by atoms with Crippen LogP contribution in [0.3, 0.4) is 0 Å². The topological polar surface area (TPSA) is 94.1 Å². The van der Waals surface area contributed by atoms with Gasteiger partial charge < -0.3 is 4.74 Å². The lowest BCUT2D eigenvalue weighted by Crippen LogP contribution is -2.16. The zero-order chi connectivity index (χ0) is 20.9. The van der Waals surface area contributed by atoms with Gasteiger partial charge in [-0.15, -0.1) is 0 Å². The molecule has 29 heavy (non-hydrogen) atoms. The number of pyridine rings is 1. The average molecular weight is 518 g/mol. The van der Waals surface area contributed by atoms with Gasteiger partial charge in [0.15, 0.2) is 0 Å². The van der Waals surface area contributed by atoms with Crippen LogP contribution < -0.4 is 9.46 Å². The molecule has 0 saturated heterocycles. The molecule has 1 N–H and O–H groups in total. The molecule has 0 saturated carbocycles. The van der Waals surface area contributed by atoms with Crippen molar-refractivity contribution < 1.29 is 13.2 Å². The van der Waals surface area contributed by atoms with E-state index in [0.717, 1.165) is 12.0 Å². The smallest absolute Gasteiger partial charge is 0.264 e. The number of nitrogens with one attached hydrogen (secondary N) is 1. The summed E-state index contributed by atoms with van der Waals surface area (Å²) in [4.78, 5) is 12.1. The van der Waals surface area contributed by atoms with Crippen molar-refractivity contribution in [2.75, 3.05) is 11.3 Å². The molecular formula is C18H15BrCl2N4O3S. The van der Waals surface area contributed by atoms with Gasteiger partial charge >= 0.3 is 0 Å². The van der Waals surface area contributed by atoms with Crippen LogP contribution in [0.2, 0.25) is 10.0 Å². The van der Waals surface area contributed by atoms with Gasteiger partial charge in [-0.3, -0.25) is 9.71 Å². The summed E-state index contributed by atoms with van der Waals surface area (Å²) in [5.41, 5.74) is 1.08. The highest BCUT2D eigenvalue weighted by atomic mass is 79.9. The normalized spacial score (nSPS) is 11.3. The first-order valence-electron chi connectivity index (χ1n) is 8.38. The maximum atomic E-state index is 12.7. The standard InChI is InChI=1S/C18H15BrCl2N4O3S/c19-15-11-23-17(25-29(26,27)14-7-1-6-13(20)16(14)21)18(24-15)28-9-3-5-12-4-2-8-22-10-12/h1-2,4,6-8,10-11H,3,5,9H2,(H,23,25). The summed E-state index contributed by atoms with van der Waals surface area (Å²) in [6, 6.07) is 8.17. The number of hydrogen-bond donors (Lipinski definition) is 1. The van der Waals surface area contributed by atoms with Gasteiger partial charge in [-0.05, 0) is 52.5 Å². The molecule has 152 valence electrons. The Bertz CT molecular complexity index is 1100. The summed E-state index contributed by atoms with van der Waals surface area (Å²) in [5, 5.41) is 0.0500. The van der Waals surface area contributed by atoms with Crippen LogP contribution in [0.15, 0.2) is 58.4 Å². The molecule has 3 rings (SSSR count). The van der Waals surface area contributed by atoms with Crippen molar-refractivity contribution in [3.63, 3.8) is 0 Å². The van der Waals surface area contributed by atoms with E-state index in [1.165, 1.54) is 24.4 Å². The summed E-state index contributed by atoms with van der Waals surface area (Å²) in [5.74, 6) is -0.00194. The first-order valence-corrected chi connectivity index (χ1v) is 11.4. The average Bonchev–Trinajstić information content (AvgIpc) is 2.70. The molecule has 2 heterocycles. The Balaban J connectivity index is 1.73. The maximum Gasteiger partial charge on any atom is 0.264 e. The van der Waals surface area contributed by atoms with Crippen molar-refractivity contribution in [1.82, 2.24) is 15.0 Å². The predicted octanol–water partition coefficient (Wildman–Crippen LogP) is 4.75. The second-order valence-corrected chi connectivity index (χ2v) is 9.07. The lowest BCUT2D eigenvalue weighted by molar-refractivity contribution is 0.299. The quantitative estimate of drug-likeness (QED) is 0.433. The molecule has 3 aromatic rings. The Morgan fingerprint density at radius 3 is 2.72 bits per heavy atom. The molecule has 0 amide bonds. The maximum absolute atomic E-state index is 12.7. The number of rotatable bonds is 8. The molecule has 7 nitrogen and oxygen atoms in total. The largest absolute Gasteiger partial charge is 0.475 e. The molecule has 0 aliphatic carbocycles. The molecule has 0 radical (unpaired) electrons. The van der Waals surface area contributed by atoms with Gasteiger partial charge in [0, 0.05) is 12.4 Å². The summed E-state index contributed by atoms with van der Waals surface area (Å²) < 4.78 is 33.9. The summed E-state index contributed by atoms with van der Waals surface area (Å²) >= 11 is 15.2. The van der Waals surface area contributed by atoms with Gasteiger partial charge in [0.05, 0.1) is 22.8 Å². The minimum atomic E-state index is -4.05. The van der Waals surface area contributed by atoms with E-state index in [2.05, 4.69) is 35.6 Å². The lowest BCUT2D eigenvalue weighted by atomic mass is 10.2. The van der Waals surface area contributed by atoms with Gasteiger partial charge in [-0.2, -0.15) is 0 Å². The Labute approximate surface area is 186 Å². The molecule has 0 atom stereocenters. The molecule has 1 aromatic carbocycles. The van der Waals surface area contributed by atoms with Gasteiger partial charge in [-0.25, -0.2) is 18.4 Å². The zero-order valence-electron chi connectivity index (χ0n) is 14.8. The van der Waals surface area contributed by atoms with Crippen molar-refractivity contribution >= 4 is 55.0 Å². The number of benzene rings is 1. The SMILES string of the molecule is O=S(=O)(Nc1ncc(Br)nc1OCCCc1cccnc1)c1cccc(Cl)c1Cl. The van der Waals surface area contributed by atoms with E-state index in [9.17, 15) is 8.42 Å². The molecule has 0 bridgehead atoms. The van der Waals surface area contributed by atoms with Crippen molar-refractivity contribution in [2.45, 2.75) is 17.7 Å². The van der Waals surface area contributed by atoms with Crippen LogP contribution >= 0.6 is 39.1 Å². The third-order valence-electron chi connectivity index (χ3n) is 3.72. The minimum absolute atomic E-state index is 0.0484. The van der Waals surface area contributed by atoms with E-state index < -0.39 is 10.0 Å². The van der Waals surface area contributed by atoms with Gasteiger partial charge in [-0.1, -0.05) is 35.3 Å². The predicted molar refractivity (Wildman–Crippen MR) is 115 cm³/mol. The highest BCUT2D eigenvalue weighted by Gasteiger charge is 2.22. The van der Waals surface area contributed by atoms with E-state index in [1.54, 1.807) is 12.4 Å². The molecular weight excluding hydrogens is 503 g/mol. The van der Waals surface area contributed by atoms with Crippen LogP contribution in [0.5, 0.6) is 5.88 Å². The number of hydrogen-bond acceptors (Lipinski definition) is 6. The van der Waals surface area contributed by atoms with Crippen molar-refractivity contribution in [2.24, 2.45) is 0 Å². The molecule has 11 heteroatoms. The van der Waals surface area contributed by atoms with Gasteiger partial charge in [0.2, 0.25) is 5.82 Å². The second-order valence-electron chi connectivity index (χ2n) is 5.82. The first-order chi connectivity index (χ1) is 13.9. The van der Waals surface area contributed by atoms with Crippen LogP contribution in [-0.4, -0.2) is 30.0 Å². The minimum Gasteiger partial charge on any atom is -0.475 e. The number of aryl methyl sites for hydroxylation is 1. The van der Waals surface area contributed by atoms with E-state index in [4.69, 9.17) is 27.9 Å². The highest BCUT2D eigenvalue weighted by molar-refractivity contribution is 9.10. The fourth-order valence-electron chi connectivity index (χ4n) is 2.39. The first kappa shape index (κ1) is 21.8. The zero-order valence-corrected chi connectivity index (χ0v) is 18.8. The molecule has 0 spiro atoms. The Hall–Kier alpha value is -1.94. The summed E-state index contributed by atoms with van der Waals surface area (Å²) in [6.45, 7) is 0.312. The Morgan fingerprint density at radius 1 is 1.14 bits per heavy atom. The van der Waals surface area contributed by atoms with Crippen LogP contribution in [-0.2, 0) is 16.4 Å². The number of anilines is 1. The number of halogens is 3. The molecule has 2 aromatic heterocycles. The fourth-order valence-corrected chi connectivity index (χ4v) is 4.42. The van der Waals surface area contributed by atoms with Gasteiger partial charge in [0.25, 0.3) is 15.9 Å². The van der Waals surface area contributed by atoms with E-state index in [0.29, 0.717) is 17.6 Å². The molecule has 0 unspecified atom stereocenters. The van der Waals surface area contributed by atoms with E-state index in [-0.39, 0.29) is 26.6 Å². The number of ether oxygens (including phenoxy) is 1. The summed E-state index contributed by atoms with van der Waals surface area (Å²) in [7, 11) is -4.05. The number of aromatic nitrogens is 3. The Kier molecular flexibility index (Phi) is 7.28.